The monoisotopic (exact) mass is 266 g/mol. The molecule has 0 bridgehead atoms. The Hall–Kier alpha value is -1.36. The number of rotatable bonds is 5. The first-order chi connectivity index (χ1) is 9.20. The number of hydrogen-bond donors (Lipinski definition) is 0. The molecular weight excluding hydrogens is 244 g/mol. The van der Waals surface area contributed by atoms with E-state index in [9.17, 15) is 4.79 Å². The summed E-state index contributed by atoms with van der Waals surface area (Å²) in [5.74, 6) is -0.00439. The molecule has 106 valence electrons. The highest BCUT2D eigenvalue weighted by Crippen LogP contribution is 2.27. The molecule has 1 aromatic rings. The van der Waals surface area contributed by atoms with Crippen molar-refractivity contribution < 1.29 is 14.3 Å². The summed E-state index contributed by atoms with van der Waals surface area (Å²) in [4.78, 5) is 11.4. The summed E-state index contributed by atoms with van der Waals surface area (Å²) in [5, 5.41) is 4.13. The van der Waals surface area contributed by atoms with Gasteiger partial charge in [0.1, 0.15) is 0 Å². The molecular formula is C14H22N2O3. The van der Waals surface area contributed by atoms with Gasteiger partial charge in [0, 0.05) is 25.4 Å². The van der Waals surface area contributed by atoms with Crippen LogP contribution in [0.5, 0.6) is 0 Å². The topological polar surface area (TPSA) is 53.4 Å². The Bertz CT molecular complexity index is 409. The van der Waals surface area contributed by atoms with Gasteiger partial charge in [-0.3, -0.25) is 9.48 Å². The van der Waals surface area contributed by atoms with Crippen molar-refractivity contribution in [3.8, 4) is 0 Å². The molecule has 19 heavy (non-hydrogen) atoms. The van der Waals surface area contributed by atoms with Gasteiger partial charge in [-0.05, 0) is 31.7 Å². The van der Waals surface area contributed by atoms with Gasteiger partial charge in [0.2, 0.25) is 0 Å². The van der Waals surface area contributed by atoms with E-state index < -0.39 is 0 Å². The molecule has 0 aliphatic heterocycles. The summed E-state index contributed by atoms with van der Waals surface area (Å²) in [6.45, 7) is 0.715. The van der Waals surface area contributed by atoms with E-state index in [-0.39, 0.29) is 18.0 Å². The van der Waals surface area contributed by atoms with E-state index in [1.54, 1.807) is 6.20 Å². The second-order valence-corrected chi connectivity index (χ2v) is 5.06. The van der Waals surface area contributed by atoms with Crippen molar-refractivity contribution in [1.29, 1.82) is 0 Å². The number of nitrogens with zero attached hydrogens (tertiary/aromatic N) is 2. The zero-order valence-electron chi connectivity index (χ0n) is 11.7. The quantitative estimate of drug-likeness (QED) is 0.761. The summed E-state index contributed by atoms with van der Waals surface area (Å²) in [5.41, 5.74) is 1.18. The molecule has 1 aromatic heterocycles. The third kappa shape index (κ3) is 3.80. The largest absolute Gasteiger partial charge is 0.469 e. The lowest BCUT2D eigenvalue weighted by Crippen LogP contribution is -2.27. The van der Waals surface area contributed by atoms with Crippen molar-refractivity contribution in [2.24, 2.45) is 13.0 Å². The fourth-order valence-electron chi connectivity index (χ4n) is 2.61. The summed E-state index contributed by atoms with van der Waals surface area (Å²) in [7, 11) is 3.40. The van der Waals surface area contributed by atoms with E-state index in [4.69, 9.17) is 9.47 Å². The van der Waals surface area contributed by atoms with Crippen LogP contribution in [0.1, 0.15) is 31.4 Å². The number of ether oxygens (including phenoxy) is 2. The van der Waals surface area contributed by atoms with Crippen LogP contribution in [0.3, 0.4) is 0 Å². The Kier molecular flexibility index (Phi) is 4.96. The van der Waals surface area contributed by atoms with Crippen molar-refractivity contribution in [2.45, 2.75) is 38.2 Å². The Labute approximate surface area is 113 Å². The lowest BCUT2D eigenvalue weighted by atomic mass is 9.87. The van der Waals surface area contributed by atoms with E-state index >= 15 is 0 Å². The Morgan fingerprint density at radius 1 is 1.42 bits per heavy atom. The minimum Gasteiger partial charge on any atom is -0.469 e. The number of carbonyl (C=O) groups is 1. The van der Waals surface area contributed by atoms with Crippen LogP contribution in [0.4, 0.5) is 0 Å². The van der Waals surface area contributed by atoms with Crippen LogP contribution in [0, 0.1) is 5.92 Å². The molecule has 5 nitrogen and oxygen atoms in total. The van der Waals surface area contributed by atoms with Crippen molar-refractivity contribution in [3.05, 3.63) is 18.0 Å². The predicted octanol–water partition coefficient (Wildman–Crippen LogP) is 1.71. The van der Waals surface area contributed by atoms with Crippen LogP contribution < -0.4 is 0 Å². The van der Waals surface area contributed by atoms with Gasteiger partial charge in [-0.15, -0.1) is 0 Å². The van der Waals surface area contributed by atoms with Crippen molar-refractivity contribution >= 4 is 5.97 Å². The van der Waals surface area contributed by atoms with Gasteiger partial charge >= 0.3 is 5.97 Å². The Morgan fingerprint density at radius 3 is 2.74 bits per heavy atom. The van der Waals surface area contributed by atoms with E-state index in [0.717, 1.165) is 32.1 Å². The lowest BCUT2D eigenvalue weighted by molar-refractivity contribution is -0.147. The predicted molar refractivity (Wildman–Crippen MR) is 70.6 cm³/mol. The number of methoxy groups -OCH3 is 1. The fraction of sp³-hybridized carbons (Fsp3) is 0.714. The first kappa shape index (κ1) is 14.1. The highest BCUT2D eigenvalue weighted by molar-refractivity contribution is 5.72. The summed E-state index contributed by atoms with van der Waals surface area (Å²) in [6.07, 6.45) is 6.63. The van der Waals surface area contributed by atoms with Gasteiger partial charge in [0.25, 0.3) is 0 Å². The van der Waals surface area contributed by atoms with Crippen molar-refractivity contribution in [2.75, 3.05) is 13.7 Å². The number of carbonyl (C=O) groups excluding carboxylic acids is 1. The zero-order valence-corrected chi connectivity index (χ0v) is 11.7. The molecule has 1 aliphatic carbocycles. The van der Waals surface area contributed by atoms with E-state index in [0.29, 0.717) is 6.61 Å². The molecule has 0 amide bonds. The molecule has 0 atom stereocenters. The van der Waals surface area contributed by atoms with Gasteiger partial charge in [-0.1, -0.05) is 0 Å². The normalized spacial score (nSPS) is 23.3. The maximum Gasteiger partial charge on any atom is 0.308 e. The summed E-state index contributed by atoms with van der Waals surface area (Å²) < 4.78 is 12.5. The second-order valence-electron chi connectivity index (χ2n) is 5.06. The maximum absolute atomic E-state index is 11.4. The Morgan fingerprint density at radius 2 is 2.16 bits per heavy atom. The molecule has 0 N–H and O–H groups in total. The fourth-order valence-corrected chi connectivity index (χ4v) is 2.61. The van der Waals surface area contributed by atoms with Crippen LogP contribution in [0.25, 0.3) is 0 Å². The molecule has 1 fully saturated rings. The smallest absolute Gasteiger partial charge is 0.308 e. The van der Waals surface area contributed by atoms with E-state index in [1.807, 2.05) is 17.8 Å². The molecule has 5 heteroatoms. The van der Waals surface area contributed by atoms with Crippen LogP contribution >= 0.6 is 0 Å². The number of esters is 1. The minimum absolute atomic E-state index is 0.0712. The highest BCUT2D eigenvalue weighted by atomic mass is 16.5. The van der Waals surface area contributed by atoms with Gasteiger partial charge in [0.05, 0.1) is 25.7 Å². The van der Waals surface area contributed by atoms with Crippen LogP contribution in [-0.2, 0) is 27.7 Å². The second kappa shape index (κ2) is 6.70. The molecule has 0 aromatic carbocycles. The van der Waals surface area contributed by atoms with Crippen LogP contribution in [0.15, 0.2) is 12.3 Å². The molecule has 1 saturated carbocycles. The third-order valence-corrected chi connectivity index (χ3v) is 3.84. The minimum atomic E-state index is -0.0756. The van der Waals surface area contributed by atoms with Crippen molar-refractivity contribution in [1.82, 2.24) is 9.78 Å². The molecule has 2 rings (SSSR count). The molecule has 0 saturated heterocycles. The molecule has 1 heterocycles. The molecule has 0 radical (unpaired) electrons. The highest BCUT2D eigenvalue weighted by Gasteiger charge is 2.27. The van der Waals surface area contributed by atoms with Crippen molar-refractivity contribution in [3.63, 3.8) is 0 Å². The molecule has 1 aliphatic rings. The number of aryl methyl sites for hydroxylation is 1. The summed E-state index contributed by atoms with van der Waals surface area (Å²) >= 11 is 0. The van der Waals surface area contributed by atoms with Crippen LogP contribution in [-0.4, -0.2) is 35.6 Å². The molecule has 0 unspecified atom stereocenters. The third-order valence-electron chi connectivity index (χ3n) is 3.84. The van der Waals surface area contributed by atoms with Gasteiger partial charge in [-0.2, -0.15) is 5.10 Å². The number of aromatic nitrogens is 2. The van der Waals surface area contributed by atoms with E-state index in [1.165, 1.54) is 12.8 Å². The lowest BCUT2D eigenvalue weighted by Gasteiger charge is -2.26. The summed E-state index contributed by atoms with van der Waals surface area (Å²) in [6, 6.07) is 2.01. The van der Waals surface area contributed by atoms with Gasteiger partial charge < -0.3 is 9.47 Å². The van der Waals surface area contributed by atoms with E-state index in [2.05, 4.69) is 5.10 Å². The average molecular weight is 266 g/mol. The van der Waals surface area contributed by atoms with Crippen LogP contribution in [0.2, 0.25) is 0 Å². The first-order valence-corrected chi connectivity index (χ1v) is 6.87. The standard InChI is InChI=1S/C14H22N2O3/c1-16-12(7-9-15-16)8-10-19-13-5-3-11(4-6-13)14(17)18-2/h7,9,11,13H,3-6,8,10H2,1-2H3. The average Bonchev–Trinajstić information content (AvgIpc) is 2.84. The number of hydrogen-bond acceptors (Lipinski definition) is 4. The Balaban J connectivity index is 1.66. The molecule has 0 spiro atoms. The maximum atomic E-state index is 11.4. The zero-order chi connectivity index (χ0) is 13.7. The SMILES string of the molecule is COC(=O)C1CCC(OCCc2ccnn2C)CC1. The first-order valence-electron chi connectivity index (χ1n) is 6.87. The van der Waals surface area contributed by atoms with Gasteiger partial charge in [-0.25, -0.2) is 0 Å². The van der Waals surface area contributed by atoms with Gasteiger partial charge in [0.15, 0.2) is 0 Å².